The lowest BCUT2D eigenvalue weighted by atomic mass is 9.80. The van der Waals surface area contributed by atoms with Crippen molar-refractivity contribution in [2.75, 3.05) is 11.9 Å². The normalized spacial score (nSPS) is 21.7. The average molecular weight is 335 g/mol. The molecule has 1 fully saturated rings. The van der Waals surface area contributed by atoms with Crippen LogP contribution in [-0.4, -0.2) is 19.1 Å². The van der Waals surface area contributed by atoms with Crippen LogP contribution in [0.25, 0.3) is 10.8 Å². The van der Waals surface area contributed by atoms with Gasteiger partial charge in [-0.05, 0) is 42.2 Å². The average Bonchev–Trinajstić information content (AvgIpc) is 2.59. The molecule has 2 aromatic rings. The molecule has 1 saturated carbocycles. The van der Waals surface area contributed by atoms with Crippen LogP contribution in [0.15, 0.2) is 42.5 Å². The molecule has 0 spiro atoms. The number of carbonyl (C=O) groups excluding carboxylic acids is 1. The summed E-state index contributed by atoms with van der Waals surface area (Å²) in [6.07, 6.45) is -3.19. The first-order valence-corrected chi connectivity index (χ1v) is 8.19. The first-order chi connectivity index (χ1) is 11.4. The van der Waals surface area contributed by atoms with Crippen molar-refractivity contribution in [3.05, 3.63) is 42.5 Å². The van der Waals surface area contributed by atoms with E-state index in [-0.39, 0.29) is 18.7 Å². The minimum atomic E-state index is -4.21. The van der Waals surface area contributed by atoms with Gasteiger partial charge in [0.1, 0.15) is 0 Å². The molecular formula is C19H20F3NO. The van der Waals surface area contributed by atoms with E-state index in [0.717, 1.165) is 10.8 Å². The van der Waals surface area contributed by atoms with Crippen molar-refractivity contribution < 1.29 is 18.0 Å². The lowest BCUT2D eigenvalue weighted by molar-refractivity contribution is -0.186. The number of halogens is 3. The summed E-state index contributed by atoms with van der Waals surface area (Å²) in [5.74, 6) is -2.13. The summed E-state index contributed by atoms with van der Waals surface area (Å²) in [5, 5.41) is 2.07. The molecule has 1 aliphatic rings. The monoisotopic (exact) mass is 335 g/mol. The first kappa shape index (κ1) is 16.8. The molecule has 0 saturated heterocycles. The van der Waals surface area contributed by atoms with Gasteiger partial charge in [0.15, 0.2) is 0 Å². The molecule has 0 radical (unpaired) electrons. The highest BCUT2D eigenvalue weighted by molar-refractivity contribution is 5.97. The van der Waals surface area contributed by atoms with E-state index in [0.29, 0.717) is 18.5 Å². The van der Waals surface area contributed by atoms with Crippen LogP contribution in [0.4, 0.5) is 18.9 Å². The van der Waals surface area contributed by atoms with Gasteiger partial charge in [-0.15, -0.1) is 0 Å². The van der Waals surface area contributed by atoms with Crippen LogP contribution in [0.5, 0.6) is 0 Å². The lowest BCUT2D eigenvalue weighted by Gasteiger charge is -2.32. The Hall–Kier alpha value is -2.04. The van der Waals surface area contributed by atoms with Gasteiger partial charge in [-0.1, -0.05) is 36.8 Å². The number of benzene rings is 2. The predicted molar refractivity (Wildman–Crippen MR) is 88.9 cm³/mol. The zero-order valence-corrected chi connectivity index (χ0v) is 13.5. The van der Waals surface area contributed by atoms with E-state index >= 15 is 0 Å². The van der Waals surface area contributed by atoms with Crippen LogP contribution >= 0.6 is 0 Å². The second-order valence-electron chi connectivity index (χ2n) is 6.53. The van der Waals surface area contributed by atoms with E-state index in [2.05, 4.69) is 0 Å². The van der Waals surface area contributed by atoms with Gasteiger partial charge in [0, 0.05) is 18.7 Å². The number of anilines is 1. The lowest BCUT2D eigenvalue weighted by Crippen LogP contribution is -2.38. The van der Waals surface area contributed by atoms with Crippen LogP contribution in [-0.2, 0) is 4.79 Å². The number of fused-ring (bicyclic) bond motifs is 1. The van der Waals surface area contributed by atoms with Gasteiger partial charge in [0.2, 0.25) is 5.91 Å². The van der Waals surface area contributed by atoms with Gasteiger partial charge in [-0.2, -0.15) is 13.2 Å². The maximum atomic E-state index is 13.0. The van der Waals surface area contributed by atoms with Crippen LogP contribution in [0.3, 0.4) is 0 Å². The van der Waals surface area contributed by atoms with E-state index in [1.807, 2.05) is 42.5 Å². The standard InChI is InChI=1S/C19H20F3NO/c1-23(17-10-9-13-5-2-3-6-14(13)12-17)18(24)15-7-4-8-16(11-15)19(20,21)22/h2-3,5-6,9-10,12,15-16H,4,7-8,11H2,1H3. The molecule has 2 atom stereocenters. The minimum absolute atomic E-state index is 0.0970. The van der Waals surface area contributed by atoms with E-state index in [4.69, 9.17) is 0 Å². The molecule has 3 rings (SSSR count). The largest absolute Gasteiger partial charge is 0.391 e. The van der Waals surface area contributed by atoms with Gasteiger partial charge in [-0.25, -0.2) is 0 Å². The van der Waals surface area contributed by atoms with Gasteiger partial charge in [0.25, 0.3) is 0 Å². The summed E-state index contributed by atoms with van der Waals surface area (Å²) < 4.78 is 38.9. The molecule has 0 aromatic heterocycles. The summed E-state index contributed by atoms with van der Waals surface area (Å²) in [7, 11) is 1.64. The highest BCUT2D eigenvalue weighted by Gasteiger charge is 2.44. The second-order valence-corrected chi connectivity index (χ2v) is 6.53. The fourth-order valence-electron chi connectivity index (χ4n) is 3.50. The molecule has 0 bridgehead atoms. The molecule has 24 heavy (non-hydrogen) atoms. The van der Waals surface area contributed by atoms with Crippen LogP contribution < -0.4 is 4.90 Å². The van der Waals surface area contributed by atoms with Crippen LogP contribution in [0, 0.1) is 11.8 Å². The molecule has 1 aliphatic carbocycles. The van der Waals surface area contributed by atoms with Crippen molar-refractivity contribution >= 4 is 22.4 Å². The van der Waals surface area contributed by atoms with Crippen molar-refractivity contribution in [2.45, 2.75) is 31.9 Å². The van der Waals surface area contributed by atoms with Gasteiger partial charge < -0.3 is 4.90 Å². The second kappa shape index (κ2) is 6.46. The molecule has 0 heterocycles. The van der Waals surface area contributed by atoms with E-state index in [1.165, 1.54) is 4.90 Å². The van der Waals surface area contributed by atoms with Gasteiger partial charge in [-0.3, -0.25) is 4.79 Å². The third kappa shape index (κ3) is 3.40. The van der Waals surface area contributed by atoms with Crippen molar-refractivity contribution in [1.29, 1.82) is 0 Å². The highest BCUT2D eigenvalue weighted by atomic mass is 19.4. The van der Waals surface area contributed by atoms with Gasteiger partial charge >= 0.3 is 6.18 Å². The SMILES string of the molecule is CN(C(=O)C1CCCC(C(F)(F)F)C1)c1ccc2ccccc2c1. The minimum Gasteiger partial charge on any atom is -0.315 e. The molecule has 2 nitrogen and oxygen atoms in total. The number of alkyl halides is 3. The summed E-state index contributed by atoms with van der Waals surface area (Å²) >= 11 is 0. The van der Waals surface area contributed by atoms with E-state index in [9.17, 15) is 18.0 Å². The Morgan fingerprint density at radius 2 is 1.79 bits per heavy atom. The Kier molecular flexibility index (Phi) is 4.52. The van der Waals surface area contributed by atoms with E-state index < -0.39 is 18.0 Å². The molecule has 0 aliphatic heterocycles. The highest BCUT2D eigenvalue weighted by Crippen LogP contribution is 2.40. The Morgan fingerprint density at radius 1 is 1.08 bits per heavy atom. The maximum Gasteiger partial charge on any atom is 0.391 e. The topological polar surface area (TPSA) is 20.3 Å². The summed E-state index contributed by atoms with van der Waals surface area (Å²) in [5.41, 5.74) is 0.716. The number of nitrogens with zero attached hydrogens (tertiary/aromatic N) is 1. The predicted octanol–water partition coefficient (Wildman–Crippen LogP) is 5.17. The third-order valence-electron chi connectivity index (χ3n) is 4.94. The number of carbonyl (C=O) groups is 1. The quantitative estimate of drug-likeness (QED) is 0.741. The number of rotatable bonds is 2. The first-order valence-electron chi connectivity index (χ1n) is 8.19. The smallest absolute Gasteiger partial charge is 0.315 e. The third-order valence-corrected chi connectivity index (χ3v) is 4.94. The molecule has 5 heteroatoms. The van der Waals surface area contributed by atoms with Crippen molar-refractivity contribution in [3.8, 4) is 0 Å². The van der Waals surface area contributed by atoms with Crippen molar-refractivity contribution in [2.24, 2.45) is 11.8 Å². The summed E-state index contributed by atoms with van der Waals surface area (Å²) in [6.45, 7) is 0. The molecule has 2 aromatic carbocycles. The Morgan fingerprint density at radius 3 is 2.50 bits per heavy atom. The van der Waals surface area contributed by atoms with Crippen molar-refractivity contribution in [3.63, 3.8) is 0 Å². The fraction of sp³-hybridized carbons (Fsp3) is 0.421. The van der Waals surface area contributed by atoms with Crippen LogP contribution in [0.2, 0.25) is 0 Å². The summed E-state index contributed by atoms with van der Waals surface area (Å²) in [6, 6.07) is 13.5. The Bertz CT molecular complexity index is 741. The zero-order chi connectivity index (χ0) is 17.3. The summed E-state index contributed by atoms with van der Waals surface area (Å²) in [4.78, 5) is 14.2. The van der Waals surface area contributed by atoms with Gasteiger partial charge in [0.05, 0.1) is 5.92 Å². The fourth-order valence-corrected chi connectivity index (χ4v) is 3.50. The number of amides is 1. The molecule has 1 amide bonds. The Balaban J connectivity index is 1.78. The molecule has 2 unspecified atom stereocenters. The van der Waals surface area contributed by atoms with Crippen molar-refractivity contribution in [1.82, 2.24) is 0 Å². The molecule has 0 N–H and O–H groups in total. The Labute approximate surface area is 139 Å². The van der Waals surface area contributed by atoms with E-state index in [1.54, 1.807) is 7.05 Å². The maximum absolute atomic E-state index is 13.0. The molecular weight excluding hydrogens is 315 g/mol. The number of hydrogen-bond acceptors (Lipinski definition) is 1. The zero-order valence-electron chi connectivity index (χ0n) is 13.5. The van der Waals surface area contributed by atoms with Crippen LogP contribution in [0.1, 0.15) is 25.7 Å². The molecule has 128 valence electrons. The number of hydrogen-bond donors (Lipinski definition) is 0.